The molecule has 1 heterocycles. The number of hydrogen-bond donors (Lipinski definition) is 1. The van der Waals surface area contributed by atoms with Crippen LogP contribution in [0.2, 0.25) is 5.02 Å². The topological polar surface area (TPSA) is 73.6 Å². The predicted octanol–water partition coefficient (Wildman–Crippen LogP) is 7.28. The van der Waals surface area contributed by atoms with Crippen molar-refractivity contribution >= 4 is 28.6 Å². The van der Waals surface area contributed by atoms with Gasteiger partial charge < -0.3 is 19.1 Å². The molecule has 0 spiro atoms. The standard InChI is InChI=1S/C28H37ClN2O4/c1-4-6-8-16-34-23-15-14-22(24(29)18-23)19-31-20(3)30-27-25(31)12-10-13-26(27)35-17-9-7-11-21(5-2)28(32)33/h10,12-15,18,21H,4-9,11,16-17,19H2,1-3H3,(H,32,33). The lowest BCUT2D eigenvalue weighted by Gasteiger charge is -2.12. The van der Waals surface area contributed by atoms with Crippen LogP contribution in [0.1, 0.15) is 70.2 Å². The number of carbonyl (C=O) groups is 1. The minimum Gasteiger partial charge on any atom is -0.494 e. The van der Waals surface area contributed by atoms with Gasteiger partial charge in [-0.15, -0.1) is 0 Å². The zero-order chi connectivity index (χ0) is 25.2. The lowest BCUT2D eigenvalue weighted by atomic mass is 10.00. The van der Waals surface area contributed by atoms with E-state index in [9.17, 15) is 9.90 Å². The first-order chi connectivity index (χ1) is 16.9. The van der Waals surface area contributed by atoms with E-state index in [0.29, 0.717) is 37.6 Å². The van der Waals surface area contributed by atoms with Gasteiger partial charge in [0.15, 0.2) is 0 Å². The number of aliphatic carboxylic acids is 1. The van der Waals surface area contributed by atoms with Crippen molar-refractivity contribution < 1.29 is 19.4 Å². The van der Waals surface area contributed by atoms with E-state index in [4.69, 9.17) is 26.1 Å². The highest BCUT2D eigenvalue weighted by Gasteiger charge is 2.15. The molecule has 0 saturated carbocycles. The summed E-state index contributed by atoms with van der Waals surface area (Å²) in [5, 5.41) is 9.87. The van der Waals surface area contributed by atoms with Gasteiger partial charge in [-0.1, -0.05) is 50.4 Å². The molecule has 0 aliphatic heterocycles. The third-order valence-electron chi connectivity index (χ3n) is 6.35. The first-order valence-corrected chi connectivity index (χ1v) is 13.0. The Morgan fingerprint density at radius 1 is 1.09 bits per heavy atom. The maximum absolute atomic E-state index is 11.2. The number of carboxylic acids is 1. The van der Waals surface area contributed by atoms with Crippen LogP contribution < -0.4 is 9.47 Å². The SMILES string of the molecule is CCCCCOc1ccc(Cn2c(C)nc3c(OCCCCC(CC)C(=O)O)cccc32)c(Cl)c1. The van der Waals surface area contributed by atoms with Crippen molar-refractivity contribution in [3.63, 3.8) is 0 Å². The van der Waals surface area contributed by atoms with Gasteiger partial charge in [-0.05, 0) is 68.9 Å². The van der Waals surface area contributed by atoms with Crippen molar-refractivity contribution in [3.8, 4) is 11.5 Å². The van der Waals surface area contributed by atoms with Gasteiger partial charge in [0.05, 0.1) is 31.2 Å². The Balaban J connectivity index is 1.64. The number of rotatable bonds is 15. The lowest BCUT2D eigenvalue weighted by molar-refractivity contribution is -0.142. The van der Waals surface area contributed by atoms with Crippen molar-refractivity contribution in [2.24, 2.45) is 5.92 Å². The number of aromatic nitrogens is 2. The van der Waals surface area contributed by atoms with Crippen molar-refractivity contribution in [1.82, 2.24) is 9.55 Å². The van der Waals surface area contributed by atoms with Gasteiger partial charge in [-0.3, -0.25) is 4.79 Å². The summed E-state index contributed by atoms with van der Waals surface area (Å²) < 4.78 is 14.0. The first-order valence-electron chi connectivity index (χ1n) is 12.7. The second-order valence-electron chi connectivity index (χ2n) is 8.97. The van der Waals surface area contributed by atoms with Gasteiger partial charge in [0, 0.05) is 5.02 Å². The van der Waals surface area contributed by atoms with Crippen LogP contribution >= 0.6 is 11.6 Å². The Bertz CT molecular complexity index is 1110. The zero-order valence-corrected chi connectivity index (χ0v) is 21.8. The zero-order valence-electron chi connectivity index (χ0n) is 21.1. The maximum atomic E-state index is 11.2. The van der Waals surface area contributed by atoms with E-state index in [0.717, 1.165) is 59.6 Å². The molecule has 3 aromatic rings. The molecule has 0 amide bonds. The number of ether oxygens (including phenoxy) is 2. The van der Waals surface area contributed by atoms with Crippen LogP contribution in [0, 0.1) is 12.8 Å². The lowest BCUT2D eigenvalue weighted by Crippen LogP contribution is -2.12. The Morgan fingerprint density at radius 3 is 2.57 bits per heavy atom. The van der Waals surface area contributed by atoms with E-state index < -0.39 is 5.97 Å². The Labute approximate surface area is 213 Å². The minimum atomic E-state index is -0.714. The third-order valence-corrected chi connectivity index (χ3v) is 6.70. The van der Waals surface area contributed by atoms with Crippen molar-refractivity contribution in [2.75, 3.05) is 13.2 Å². The van der Waals surface area contributed by atoms with Gasteiger partial charge in [0.2, 0.25) is 0 Å². The van der Waals surface area contributed by atoms with Crippen molar-refractivity contribution in [2.45, 2.75) is 72.3 Å². The minimum absolute atomic E-state index is 0.273. The summed E-state index contributed by atoms with van der Waals surface area (Å²) in [5.41, 5.74) is 2.83. The number of aryl methyl sites for hydroxylation is 1. The Hall–Kier alpha value is -2.73. The van der Waals surface area contributed by atoms with Crippen LogP contribution in [0.15, 0.2) is 36.4 Å². The predicted molar refractivity (Wildman–Crippen MR) is 141 cm³/mol. The number of imidazole rings is 1. The van der Waals surface area contributed by atoms with Crippen LogP contribution in [-0.2, 0) is 11.3 Å². The smallest absolute Gasteiger partial charge is 0.306 e. The molecule has 35 heavy (non-hydrogen) atoms. The maximum Gasteiger partial charge on any atom is 0.306 e. The van der Waals surface area contributed by atoms with E-state index in [1.54, 1.807) is 0 Å². The molecule has 7 heteroatoms. The molecule has 6 nitrogen and oxygen atoms in total. The molecule has 190 valence electrons. The summed E-state index contributed by atoms with van der Waals surface area (Å²) in [5.74, 6) is 1.45. The number of benzene rings is 2. The third kappa shape index (κ3) is 7.38. The largest absolute Gasteiger partial charge is 0.494 e. The van der Waals surface area contributed by atoms with Crippen LogP contribution in [0.25, 0.3) is 11.0 Å². The van der Waals surface area contributed by atoms with E-state index in [-0.39, 0.29) is 5.92 Å². The molecule has 3 rings (SSSR count). The second-order valence-corrected chi connectivity index (χ2v) is 9.37. The summed E-state index contributed by atoms with van der Waals surface area (Å²) in [6.07, 6.45) is 6.34. The monoisotopic (exact) mass is 500 g/mol. The number of para-hydroxylation sites is 1. The molecule has 0 bridgehead atoms. The first kappa shape index (κ1) is 26.9. The summed E-state index contributed by atoms with van der Waals surface area (Å²) in [7, 11) is 0. The number of hydrogen-bond acceptors (Lipinski definition) is 4. The molecular weight excluding hydrogens is 464 g/mol. The number of fused-ring (bicyclic) bond motifs is 1. The molecule has 0 radical (unpaired) electrons. The van der Waals surface area contributed by atoms with Crippen molar-refractivity contribution in [1.29, 1.82) is 0 Å². The van der Waals surface area contributed by atoms with Crippen LogP contribution in [-0.4, -0.2) is 33.8 Å². The fraction of sp³-hybridized carbons (Fsp3) is 0.500. The van der Waals surface area contributed by atoms with Gasteiger partial charge in [-0.2, -0.15) is 0 Å². The fourth-order valence-corrected chi connectivity index (χ4v) is 4.42. The molecule has 1 aromatic heterocycles. The van der Waals surface area contributed by atoms with E-state index >= 15 is 0 Å². The summed E-state index contributed by atoms with van der Waals surface area (Å²) in [6, 6.07) is 11.8. The Morgan fingerprint density at radius 2 is 1.86 bits per heavy atom. The number of nitrogens with zero attached hydrogens (tertiary/aromatic N) is 2. The van der Waals surface area contributed by atoms with Gasteiger partial charge in [0.25, 0.3) is 0 Å². The normalized spacial score (nSPS) is 12.1. The van der Waals surface area contributed by atoms with E-state index in [2.05, 4.69) is 11.5 Å². The average molecular weight is 501 g/mol. The van der Waals surface area contributed by atoms with Crippen LogP contribution in [0.4, 0.5) is 0 Å². The number of halogens is 1. The highest BCUT2D eigenvalue weighted by atomic mass is 35.5. The average Bonchev–Trinajstić information content (AvgIpc) is 3.16. The number of unbranched alkanes of at least 4 members (excludes halogenated alkanes) is 3. The molecule has 1 N–H and O–H groups in total. The van der Waals surface area contributed by atoms with Gasteiger partial charge in [-0.25, -0.2) is 4.98 Å². The van der Waals surface area contributed by atoms with Gasteiger partial charge >= 0.3 is 5.97 Å². The summed E-state index contributed by atoms with van der Waals surface area (Å²) >= 11 is 6.60. The Kier molecular flexibility index (Phi) is 10.3. The molecular formula is C28H37ClN2O4. The highest BCUT2D eigenvalue weighted by Crippen LogP contribution is 2.29. The van der Waals surface area contributed by atoms with Gasteiger partial charge in [0.1, 0.15) is 22.8 Å². The highest BCUT2D eigenvalue weighted by molar-refractivity contribution is 6.31. The molecule has 0 aliphatic carbocycles. The quantitative estimate of drug-likeness (QED) is 0.222. The molecule has 0 saturated heterocycles. The van der Waals surface area contributed by atoms with E-state index in [1.165, 1.54) is 6.42 Å². The summed E-state index contributed by atoms with van der Waals surface area (Å²) in [4.78, 5) is 15.9. The molecule has 2 aromatic carbocycles. The van der Waals surface area contributed by atoms with E-state index in [1.807, 2.05) is 50.2 Å². The molecule has 1 atom stereocenters. The molecule has 1 unspecified atom stereocenters. The van der Waals surface area contributed by atoms with Crippen molar-refractivity contribution in [3.05, 3.63) is 52.8 Å². The fourth-order valence-electron chi connectivity index (χ4n) is 4.19. The molecule has 0 fully saturated rings. The van der Waals surface area contributed by atoms with Crippen LogP contribution in [0.5, 0.6) is 11.5 Å². The van der Waals surface area contributed by atoms with Crippen LogP contribution in [0.3, 0.4) is 0 Å². The molecule has 0 aliphatic rings. The summed E-state index contributed by atoms with van der Waals surface area (Å²) in [6.45, 7) is 7.92. The second kappa shape index (κ2) is 13.4. The number of carboxylic acid groups (broad SMARTS) is 1.